The summed E-state index contributed by atoms with van der Waals surface area (Å²) in [5.74, 6) is -0.672. The summed E-state index contributed by atoms with van der Waals surface area (Å²) in [6.45, 7) is 3.55. The number of carbonyl (C=O) groups excluding carboxylic acids is 1. The Kier molecular flexibility index (Phi) is 3.51. The fourth-order valence-corrected chi connectivity index (χ4v) is 1.91. The second kappa shape index (κ2) is 5.10. The van der Waals surface area contributed by atoms with Gasteiger partial charge < -0.3 is 11.1 Å². The Morgan fingerprint density at radius 1 is 1.21 bits per heavy atom. The molecule has 98 valence electrons. The van der Waals surface area contributed by atoms with Crippen molar-refractivity contribution in [1.82, 2.24) is 0 Å². The van der Waals surface area contributed by atoms with Crippen LogP contribution in [-0.4, -0.2) is 5.91 Å². The summed E-state index contributed by atoms with van der Waals surface area (Å²) >= 11 is 0. The maximum Gasteiger partial charge on any atom is 0.256 e. The first-order valence-corrected chi connectivity index (χ1v) is 5.91. The van der Waals surface area contributed by atoms with Gasteiger partial charge in [0.25, 0.3) is 5.91 Å². The molecule has 0 saturated carbocycles. The van der Waals surface area contributed by atoms with E-state index in [0.717, 1.165) is 5.56 Å². The van der Waals surface area contributed by atoms with Crippen LogP contribution >= 0.6 is 0 Å². The number of nitrogen functional groups attached to an aromatic ring is 1. The minimum atomic E-state index is -0.375. The molecular weight excluding hydrogens is 243 g/mol. The molecule has 2 rings (SSSR count). The number of hydrogen-bond donors (Lipinski definition) is 2. The highest BCUT2D eigenvalue weighted by Gasteiger charge is 2.11. The van der Waals surface area contributed by atoms with Gasteiger partial charge in [-0.05, 0) is 55.3 Å². The van der Waals surface area contributed by atoms with E-state index in [0.29, 0.717) is 22.5 Å². The Labute approximate surface area is 111 Å². The van der Waals surface area contributed by atoms with Crippen LogP contribution in [0.2, 0.25) is 0 Å². The summed E-state index contributed by atoms with van der Waals surface area (Å²) in [5, 5.41) is 2.67. The van der Waals surface area contributed by atoms with E-state index >= 15 is 0 Å². The average Bonchev–Trinajstić information content (AvgIpc) is 2.31. The second-order valence-corrected chi connectivity index (χ2v) is 4.49. The highest BCUT2D eigenvalue weighted by molar-refractivity contribution is 6.06. The zero-order chi connectivity index (χ0) is 14.0. The van der Waals surface area contributed by atoms with Gasteiger partial charge in [0.2, 0.25) is 0 Å². The number of aryl methyl sites for hydroxylation is 1. The van der Waals surface area contributed by atoms with Crippen molar-refractivity contribution >= 4 is 17.3 Å². The lowest BCUT2D eigenvalue weighted by atomic mass is 10.1. The summed E-state index contributed by atoms with van der Waals surface area (Å²) in [7, 11) is 0. The standard InChI is InChI=1S/C15H15FN2O/c1-9-6-11(16)8-12(7-9)18-15(19)13-4-3-5-14(17)10(13)2/h3-8H,17H2,1-2H3,(H,18,19). The van der Waals surface area contributed by atoms with Crippen LogP contribution in [0, 0.1) is 19.7 Å². The molecule has 0 spiro atoms. The molecule has 1 amide bonds. The molecule has 0 aromatic heterocycles. The van der Waals surface area contributed by atoms with E-state index in [-0.39, 0.29) is 11.7 Å². The number of hydrogen-bond acceptors (Lipinski definition) is 2. The fraction of sp³-hybridized carbons (Fsp3) is 0.133. The SMILES string of the molecule is Cc1cc(F)cc(NC(=O)c2cccc(N)c2C)c1. The van der Waals surface area contributed by atoms with Gasteiger partial charge >= 0.3 is 0 Å². The van der Waals surface area contributed by atoms with Gasteiger partial charge in [0, 0.05) is 16.9 Å². The van der Waals surface area contributed by atoms with Crippen molar-refractivity contribution in [3.63, 3.8) is 0 Å². The molecule has 3 N–H and O–H groups in total. The van der Waals surface area contributed by atoms with E-state index in [1.54, 1.807) is 38.1 Å². The van der Waals surface area contributed by atoms with Crippen molar-refractivity contribution in [2.45, 2.75) is 13.8 Å². The van der Waals surface area contributed by atoms with Crippen LogP contribution in [0.15, 0.2) is 36.4 Å². The molecule has 19 heavy (non-hydrogen) atoms. The van der Waals surface area contributed by atoms with Crippen molar-refractivity contribution in [1.29, 1.82) is 0 Å². The molecule has 4 heteroatoms. The third-order valence-electron chi connectivity index (χ3n) is 2.92. The van der Waals surface area contributed by atoms with Gasteiger partial charge in [0.05, 0.1) is 0 Å². The molecular formula is C15H15FN2O. The Balaban J connectivity index is 2.28. The molecule has 0 atom stereocenters. The van der Waals surface area contributed by atoms with Crippen LogP contribution in [0.25, 0.3) is 0 Å². The van der Waals surface area contributed by atoms with Gasteiger partial charge in [-0.25, -0.2) is 4.39 Å². The third kappa shape index (κ3) is 2.91. The van der Waals surface area contributed by atoms with Crippen LogP contribution in [0.4, 0.5) is 15.8 Å². The third-order valence-corrected chi connectivity index (χ3v) is 2.92. The molecule has 2 aromatic carbocycles. The normalized spacial score (nSPS) is 10.3. The minimum Gasteiger partial charge on any atom is -0.398 e. The van der Waals surface area contributed by atoms with Crippen LogP contribution in [0.3, 0.4) is 0 Å². The lowest BCUT2D eigenvalue weighted by Gasteiger charge is -2.10. The zero-order valence-corrected chi connectivity index (χ0v) is 10.8. The monoisotopic (exact) mass is 258 g/mol. The van der Waals surface area contributed by atoms with Gasteiger partial charge in [0.15, 0.2) is 0 Å². The summed E-state index contributed by atoms with van der Waals surface area (Å²) in [6, 6.07) is 9.54. The quantitative estimate of drug-likeness (QED) is 0.812. The number of benzene rings is 2. The second-order valence-electron chi connectivity index (χ2n) is 4.49. The van der Waals surface area contributed by atoms with Crippen molar-refractivity contribution in [3.05, 3.63) is 58.9 Å². The first-order valence-electron chi connectivity index (χ1n) is 5.91. The van der Waals surface area contributed by atoms with Crippen molar-refractivity contribution in [2.24, 2.45) is 0 Å². The number of rotatable bonds is 2. The summed E-state index contributed by atoms with van der Waals surface area (Å²) in [4.78, 5) is 12.1. The Morgan fingerprint density at radius 2 is 1.95 bits per heavy atom. The van der Waals surface area contributed by atoms with Crippen LogP contribution < -0.4 is 11.1 Å². The molecule has 0 radical (unpaired) electrons. The first kappa shape index (κ1) is 13.1. The molecule has 0 unspecified atom stereocenters. The van der Waals surface area contributed by atoms with E-state index < -0.39 is 0 Å². The van der Waals surface area contributed by atoms with E-state index in [9.17, 15) is 9.18 Å². The predicted molar refractivity (Wildman–Crippen MR) is 74.7 cm³/mol. The van der Waals surface area contributed by atoms with E-state index in [1.807, 2.05) is 0 Å². The smallest absolute Gasteiger partial charge is 0.256 e. The molecule has 3 nitrogen and oxygen atoms in total. The van der Waals surface area contributed by atoms with Crippen molar-refractivity contribution in [2.75, 3.05) is 11.1 Å². The molecule has 0 bridgehead atoms. The Hall–Kier alpha value is -2.36. The molecule has 0 aliphatic rings. The molecule has 0 heterocycles. The first-order chi connectivity index (χ1) is 8.97. The van der Waals surface area contributed by atoms with Gasteiger partial charge in [-0.2, -0.15) is 0 Å². The lowest BCUT2D eigenvalue weighted by molar-refractivity contribution is 0.102. The van der Waals surface area contributed by atoms with Gasteiger partial charge in [-0.15, -0.1) is 0 Å². The topological polar surface area (TPSA) is 55.1 Å². The predicted octanol–water partition coefficient (Wildman–Crippen LogP) is 3.28. The molecule has 2 aromatic rings. The van der Waals surface area contributed by atoms with E-state index in [1.165, 1.54) is 12.1 Å². The van der Waals surface area contributed by atoms with Crippen molar-refractivity contribution in [3.8, 4) is 0 Å². The maximum atomic E-state index is 13.3. The van der Waals surface area contributed by atoms with Crippen LogP contribution in [-0.2, 0) is 0 Å². The molecule has 0 fully saturated rings. The summed E-state index contributed by atoms with van der Waals surface area (Å²) in [5.41, 5.74) is 8.71. The summed E-state index contributed by atoms with van der Waals surface area (Å²) in [6.07, 6.45) is 0. The number of carbonyl (C=O) groups is 1. The van der Waals surface area contributed by atoms with Gasteiger partial charge in [-0.3, -0.25) is 4.79 Å². The van der Waals surface area contributed by atoms with Crippen LogP contribution in [0.1, 0.15) is 21.5 Å². The molecule has 0 aliphatic carbocycles. The minimum absolute atomic E-state index is 0.296. The highest BCUT2D eigenvalue weighted by Crippen LogP contribution is 2.18. The van der Waals surface area contributed by atoms with Crippen molar-refractivity contribution < 1.29 is 9.18 Å². The Morgan fingerprint density at radius 3 is 2.63 bits per heavy atom. The van der Waals surface area contributed by atoms with E-state index in [4.69, 9.17) is 5.73 Å². The number of nitrogens with two attached hydrogens (primary N) is 1. The fourth-order valence-electron chi connectivity index (χ4n) is 1.91. The van der Waals surface area contributed by atoms with Gasteiger partial charge in [-0.1, -0.05) is 6.07 Å². The number of amides is 1. The van der Waals surface area contributed by atoms with Crippen LogP contribution in [0.5, 0.6) is 0 Å². The molecule has 0 saturated heterocycles. The lowest BCUT2D eigenvalue weighted by Crippen LogP contribution is -2.14. The number of nitrogens with one attached hydrogen (secondary N) is 1. The highest BCUT2D eigenvalue weighted by atomic mass is 19.1. The zero-order valence-electron chi connectivity index (χ0n) is 10.8. The van der Waals surface area contributed by atoms with Gasteiger partial charge in [0.1, 0.15) is 5.82 Å². The maximum absolute atomic E-state index is 13.3. The average molecular weight is 258 g/mol. The number of halogens is 1. The van der Waals surface area contributed by atoms with E-state index in [2.05, 4.69) is 5.32 Å². The molecule has 0 aliphatic heterocycles. The number of anilines is 2. The largest absolute Gasteiger partial charge is 0.398 e. The Bertz CT molecular complexity index is 618. The summed E-state index contributed by atoms with van der Waals surface area (Å²) < 4.78 is 13.3.